The second kappa shape index (κ2) is 7.90. The maximum Gasteiger partial charge on any atom is 0.469 e. The number of rotatable bonds is 7. The van der Waals surface area contributed by atoms with E-state index >= 15 is 0 Å². The first-order chi connectivity index (χ1) is 9.69. The van der Waals surface area contributed by atoms with E-state index in [9.17, 15) is 19.9 Å². The van der Waals surface area contributed by atoms with Gasteiger partial charge in [-0.3, -0.25) is 4.52 Å². The molecule has 21 heavy (non-hydrogen) atoms. The van der Waals surface area contributed by atoms with Crippen LogP contribution in [0.3, 0.4) is 0 Å². The molecule has 0 aromatic heterocycles. The highest BCUT2D eigenvalue weighted by molar-refractivity contribution is 7.46. The molecule has 6 atom stereocenters. The molecule has 0 bridgehead atoms. The molecule has 1 saturated heterocycles. The van der Waals surface area contributed by atoms with Gasteiger partial charge in [0.15, 0.2) is 6.29 Å². The zero-order valence-electron chi connectivity index (χ0n) is 10.8. The molecule has 126 valence electrons. The third-order valence-corrected chi connectivity index (χ3v) is 3.29. The van der Waals surface area contributed by atoms with E-state index in [2.05, 4.69) is 4.52 Å². The summed E-state index contributed by atoms with van der Waals surface area (Å²) in [5.41, 5.74) is 0. The van der Waals surface area contributed by atoms with Gasteiger partial charge in [0.05, 0.1) is 19.8 Å². The molecule has 0 unspecified atom stereocenters. The molecule has 1 fully saturated rings. The normalized spacial score (nSPS) is 35.7. The monoisotopic (exact) mass is 334 g/mol. The average Bonchev–Trinajstić information content (AvgIpc) is 2.42. The number of aliphatic hydroxyl groups is 5. The summed E-state index contributed by atoms with van der Waals surface area (Å²) in [6, 6.07) is 0. The fourth-order valence-electron chi connectivity index (χ4n) is 1.68. The van der Waals surface area contributed by atoms with Crippen LogP contribution in [0.1, 0.15) is 0 Å². The van der Waals surface area contributed by atoms with Crippen molar-refractivity contribution in [1.82, 2.24) is 0 Å². The molecule has 0 radical (unpaired) electrons. The predicted molar refractivity (Wildman–Crippen MR) is 63.7 cm³/mol. The second-order valence-corrected chi connectivity index (χ2v) is 5.66. The molecule has 0 amide bonds. The Bertz CT molecular complexity index is 358. The molecule has 7 N–H and O–H groups in total. The van der Waals surface area contributed by atoms with Crippen LogP contribution in [0.25, 0.3) is 0 Å². The highest BCUT2D eigenvalue weighted by atomic mass is 31.2. The maximum atomic E-state index is 10.5. The second-order valence-electron chi connectivity index (χ2n) is 4.42. The molecule has 1 rings (SSSR count). The fraction of sp³-hybridized carbons (Fsp3) is 1.00. The lowest BCUT2D eigenvalue weighted by molar-refractivity contribution is -0.314. The Kier molecular flexibility index (Phi) is 7.10. The Morgan fingerprint density at radius 2 is 1.71 bits per heavy atom. The van der Waals surface area contributed by atoms with Gasteiger partial charge in [0, 0.05) is 0 Å². The summed E-state index contributed by atoms with van der Waals surface area (Å²) in [6.45, 7) is -2.07. The number of phosphoric acid groups is 1. The number of aliphatic hydroxyl groups excluding tert-OH is 5. The van der Waals surface area contributed by atoms with Crippen LogP contribution < -0.4 is 0 Å². The standard InChI is InChI=1S/C9H19O11P/c10-1-4(3-18-21(15,16)17)19-9-8(14)7(13)6(12)5(2-11)20-9/h4-14H,1-3H2,(H2,15,16,17)/t4-,5-,6-,7+,8-,9+/m1/s1. The predicted octanol–water partition coefficient (Wildman–Crippen LogP) is -3.73. The summed E-state index contributed by atoms with van der Waals surface area (Å²) in [7, 11) is -4.77. The largest absolute Gasteiger partial charge is 0.469 e. The SMILES string of the molecule is O=P(O)(O)OC[C@@H](CO)O[C@H]1O[C@H](CO)[C@@H](O)[C@H](O)[C@H]1O. The first kappa shape index (κ1) is 18.9. The van der Waals surface area contributed by atoms with Gasteiger partial charge in [0.2, 0.25) is 0 Å². The molecule has 11 nitrogen and oxygen atoms in total. The Labute approximate surface area is 119 Å². The van der Waals surface area contributed by atoms with Crippen molar-refractivity contribution >= 4 is 7.82 Å². The van der Waals surface area contributed by atoms with Crippen LogP contribution in [0.2, 0.25) is 0 Å². The van der Waals surface area contributed by atoms with Crippen LogP contribution in [-0.4, -0.2) is 91.9 Å². The average molecular weight is 334 g/mol. The first-order valence-electron chi connectivity index (χ1n) is 5.96. The van der Waals surface area contributed by atoms with E-state index < -0.39 is 64.5 Å². The topological polar surface area (TPSA) is 186 Å². The Morgan fingerprint density at radius 3 is 2.19 bits per heavy atom. The number of ether oxygens (including phenoxy) is 2. The summed E-state index contributed by atoms with van der Waals surface area (Å²) in [5.74, 6) is 0. The van der Waals surface area contributed by atoms with Crippen LogP contribution in [0, 0.1) is 0 Å². The lowest BCUT2D eigenvalue weighted by atomic mass is 9.99. The molecule has 0 aliphatic carbocycles. The Balaban J connectivity index is 2.63. The van der Waals surface area contributed by atoms with Gasteiger partial charge < -0.3 is 44.8 Å². The third kappa shape index (κ3) is 5.51. The van der Waals surface area contributed by atoms with Gasteiger partial charge in [-0.15, -0.1) is 0 Å². The van der Waals surface area contributed by atoms with E-state index in [4.69, 9.17) is 29.5 Å². The molecule has 12 heteroatoms. The Morgan fingerprint density at radius 1 is 1.10 bits per heavy atom. The minimum Gasteiger partial charge on any atom is -0.394 e. The van der Waals surface area contributed by atoms with E-state index in [0.717, 1.165) is 0 Å². The molecule has 0 aromatic carbocycles. The van der Waals surface area contributed by atoms with Crippen LogP contribution in [0.4, 0.5) is 0 Å². The van der Waals surface area contributed by atoms with Crippen molar-refractivity contribution in [3.63, 3.8) is 0 Å². The number of hydrogen-bond donors (Lipinski definition) is 7. The molecule has 0 aromatic rings. The molecule has 1 heterocycles. The van der Waals surface area contributed by atoms with Crippen molar-refractivity contribution in [1.29, 1.82) is 0 Å². The van der Waals surface area contributed by atoms with Crippen molar-refractivity contribution in [2.45, 2.75) is 36.8 Å². The zero-order chi connectivity index (χ0) is 16.2. The number of hydrogen-bond acceptors (Lipinski definition) is 9. The van der Waals surface area contributed by atoms with Crippen LogP contribution in [0.5, 0.6) is 0 Å². The lowest BCUT2D eigenvalue weighted by Gasteiger charge is -2.40. The molecule has 1 aliphatic rings. The first-order valence-corrected chi connectivity index (χ1v) is 7.49. The van der Waals surface area contributed by atoms with Crippen molar-refractivity contribution in [3.05, 3.63) is 0 Å². The molecular formula is C9H19O11P. The quantitative estimate of drug-likeness (QED) is 0.227. The van der Waals surface area contributed by atoms with Crippen molar-refractivity contribution in [2.75, 3.05) is 19.8 Å². The Hall–Kier alpha value is -0.170. The highest BCUT2D eigenvalue weighted by Gasteiger charge is 2.44. The summed E-state index contributed by atoms with van der Waals surface area (Å²) < 4.78 is 24.7. The minimum atomic E-state index is -4.77. The van der Waals surface area contributed by atoms with E-state index in [1.165, 1.54) is 0 Å². The third-order valence-electron chi connectivity index (χ3n) is 2.81. The van der Waals surface area contributed by atoms with Gasteiger partial charge >= 0.3 is 7.82 Å². The van der Waals surface area contributed by atoms with Gasteiger partial charge in [-0.25, -0.2) is 4.57 Å². The molecule has 0 spiro atoms. The summed E-state index contributed by atoms with van der Waals surface area (Å²) in [4.78, 5) is 17.1. The molecule has 1 aliphatic heterocycles. The molecular weight excluding hydrogens is 315 g/mol. The van der Waals surface area contributed by atoms with Crippen molar-refractivity contribution < 1.29 is 53.9 Å². The van der Waals surface area contributed by atoms with Gasteiger partial charge in [-0.05, 0) is 0 Å². The summed E-state index contributed by atoms with van der Waals surface area (Å²) in [5, 5.41) is 46.7. The van der Waals surface area contributed by atoms with Crippen LogP contribution in [-0.2, 0) is 18.6 Å². The lowest BCUT2D eigenvalue weighted by Crippen LogP contribution is -2.60. The van der Waals surface area contributed by atoms with Gasteiger partial charge in [-0.2, -0.15) is 0 Å². The van der Waals surface area contributed by atoms with Crippen molar-refractivity contribution in [2.24, 2.45) is 0 Å². The van der Waals surface area contributed by atoms with Gasteiger partial charge in [0.25, 0.3) is 0 Å². The van der Waals surface area contributed by atoms with Gasteiger partial charge in [0.1, 0.15) is 30.5 Å². The fourth-order valence-corrected chi connectivity index (χ4v) is 2.05. The highest BCUT2D eigenvalue weighted by Crippen LogP contribution is 2.36. The minimum absolute atomic E-state index is 0.659. The van der Waals surface area contributed by atoms with Gasteiger partial charge in [-0.1, -0.05) is 0 Å². The molecule has 0 saturated carbocycles. The van der Waals surface area contributed by atoms with E-state index in [-0.39, 0.29) is 0 Å². The van der Waals surface area contributed by atoms with E-state index in [1.807, 2.05) is 0 Å². The number of phosphoric ester groups is 1. The summed E-state index contributed by atoms with van der Waals surface area (Å²) in [6.07, 6.45) is -8.91. The summed E-state index contributed by atoms with van der Waals surface area (Å²) >= 11 is 0. The van der Waals surface area contributed by atoms with Crippen molar-refractivity contribution in [3.8, 4) is 0 Å². The van der Waals surface area contributed by atoms with E-state index in [0.29, 0.717) is 0 Å². The van der Waals surface area contributed by atoms with Crippen LogP contribution >= 0.6 is 7.82 Å². The maximum absolute atomic E-state index is 10.5. The zero-order valence-corrected chi connectivity index (χ0v) is 11.7. The smallest absolute Gasteiger partial charge is 0.394 e. The van der Waals surface area contributed by atoms with Crippen LogP contribution in [0.15, 0.2) is 0 Å². The van der Waals surface area contributed by atoms with E-state index in [1.54, 1.807) is 0 Å².